The van der Waals surface area contributed by atoms with E-state index in [2.05, 4.69) is 0 Å². The topological polar surface area (TPSA) is 101 Å². The summed E-state index contributed by atoms with van der Waals surface area (Å²) >= 11 is 0. The van der Waals surface area contributed by atoms with Crippen molar-refractivity contribution < 1.29 is 25.2 Å². The fourth-order valence-corrected chi connectivity index (χ4v) is 3.03. The number of carboxylic acid groups (broad SMARTS) is 1. The first kappa shape index (κ1) is 12.8. The summed E-state index contributed by atoms with van der Waals surface area (Å²) in [7, 11) is 0. The van der Waals surface area contributed by atoms with Crippen LogP contribution in [0, 0.1) is 5.92 Å². The minimum atomic E-state index is -1.42. The van der Waals surface area contributed by atoms with Gasteiger partial charge in [-0.15, -0.1) is 0 Å². The van der Waals surface area contributed by atoms with E-state index in [0.717, 1.165) is 0 Å². The standard InChI is InChI=1S/C11H19NO5/c1-11(2,3)12-5-4(10(16)17)7(13)9(15)8(14)6(5)12/h4-9,13-15H,1-3H3,(H,16,17). The van der Waals surface area contributed by atoms with Crippen molar-refractivity contribution in [3.8, 4) is 0 Å². The van der Waals surface area contributed by atoms with Crippen LogP contribution in [-0.2, 0) is 4.79 Å². The van der Waals surface area contributed by atoms with Gasteiger partial charge in [-0.25, -0.2) is 0 Å². The van der Waals surface area contributed by atoms with E-state index in [4.69, 9.17) is 5.11 Å². The second-order valence-corrected chi connectivity index (χ2v) is 5.90. The second kappa shape index (κ2) is 3.65. The Morgan fingerprint density at radius 1 is 1.00 bits per heavy atom. The molecule has 1 saturated carbocycles. The van der Waals surface area contributed by atoms with Crippen LogP contribution in [0.1, 0.15) is 20.8 Å². The fourth-order valence-electron chi connectivity index (χ4n) is 3.03. The predicted molar refractivity (Wildman–Crippen MR) is 58.3 cm³/mol. The van der Waals surface area contributed by atoms with Gasteiger partial charge >= 0.3 is 5.97 Å². The Balaban J connectivity index is 2.30. The molecular weight excluding hydrogens is 226 g/mol. The van der Waals surface area contributed by atoms with Crippen molar-refractivity contribution >= 4 is 5.97 Å². The van der Waals surface area contributed by atoms with Gasteiger partial charge in [0.2, 0.25) is 0 Å². The van der Waals surface area contributed by atoms with Gasteiger partial charge in [-0.3, -0.25) is 9.69 Å². The number of rotatable bonds is 1. The Morgan fingerprint density at radius 2 is 1.53 bits per heavy atom. The van der Waals surface area contributed by atoms with Crippen molar-refractivity contribution in [1.29, 1.82) is 0 Å². The van der Waals surface area contributed by atoms with Crippen LogP contribution >= 0.6 is 0 Å². The normalized spacial score (nSPS) is 49.6. The molecule has 2 fully saturated rings. The van der Waals surface area contributed by atoms with Crippen molar-refractivity contribution in [1.82, 2.24) is 4.90 Å². The van der Waals surface area contributed by atoms with Crippen LogP contribution in [0.3, 0.4) is 0 Å². The molecular formula is C11H19NO5. The van der Waals surface area contributed by atoms with Crippen LogP contribution in [0.15, 0.2) is 0 Å². The molecule has 7 unspecified atom stereocenters. The zero-order valence-electron chi connectivity index (χ0n) is 10.1. The third-order valence-electron chi connectivity index (χ3n) is 3.75. The number of nitrogens with zero attached hydrogens (tertiary/aromatic N) is 1. The van der Waals surface area contributed by atoms with Crippen LogP contribution in [0.2, 0.25) is 0 Å². The summed E-state index contributed by atoms with van der Waals surface area (Å²) < 4.78 is 0. The summed E-state index contributed by atoms with van der Waals surface area (Å²) in [5.41, 5.74) is -0.298. The monoisotopic (exact) mass is 245 g/mol. The third-order valence-corrected chi connectivity index (χ3v) is 3.75. The molecule has 7 atom stereocenters. The maximum atomic E-state index is 11.1. The second-order valence-electron chi connectivity index (χ2n) is 5.90. The first-order valence-corrected chi connectivity index (χ1v) is 5.73. The smallest absolute Gasteiger partial charge is 0.310 e. The molecule has 6 heteroatoms. The number of aliphatic hydroxyl groups excluding tert-OH is 3. The van der Waals surface area contributed by atoms with Gasteiger partial charge in [0.1, 0.15) is 12.0 Å². The number of hydrogen-bond acceptors (Lipinski definition) is 5. The van der Waals surface area contributed by atoms with Crippen molar-refractivity contribution in [2.45, 2.75) is 56.7 Å². The molecule has 0 amide bonds. The van der Waals surface area contributed by atoms with E-state index < -0.39 is 36.2 Å². The van der Waals surface area contributed by atoms with E-state index in [1.54, 1.807) is 0 Å². The lowest BCUT2D eigenvalue weighted by molar-refractivity contribution is -0.156. The number of aliphatic hydroxyl groups is 3. The molecule has 0 spiro atoms. The number of fused-ring (bicyclic) bond motifs is 1. The number of carboxylic acids is 1. The first-order valence-electron chi connectivity index (χ1n) is 5.73. The van der Waals surface area contributed by atoms with Crippen LogP contribution < -0.4 is 0 Å². The Hall–Kier alpha value is -0.690. The molecule has 1 saturated heterocycles. The van der Waals surface area contributed by atoms with E-state index in [1.807, 2.05) is 25.7 Å². The molecule has 98 valence electrons. The fraction of sp³-hybridized carbons (Fsp3) is 0.909. The van der Waals surface area contributed by atoms with E-state index in [0.29, 0.717) is 0 Å². The average molecular weight is 245 g/mol. The highest BCUT2D eigenvalue weighted by Crippen LogP contribution is 2.48. The highest BCUT2D eigenvalue weighted by Gasteiger charge is 2.68. The Labute approximate surface area is 99.5 Å². The molecule has 17 heavy (non-hydrogen) atoms. The van der Waals surface area contributed by atoms with Gasteiger partial charge in [-0.1, -0.05) is 0 Å². The van der Waals surface area contributed by atoms with Gasteiger partial charge in [0.25, 0.3) is 0 Å². The molecule has 0 aromatic carbocycles. The van der Waals surface area contributed by atoms with Crippen molar-refractivity contribution in [2.75, 3.05) is 0 Å². The highest BCUT2D eigenvalue weighted by atomic mass is 16.4. The minimum Gasteiger partial charge on any atom is -0.481 e. The highest BCUT2D eigenvalue weighted by molar-refractivity contribution is 5.73. The van der Waals surface area contributed by atoms with Gasteiger partial charge in [0, 0.05) is 11.6 Å². The van der Waals surface area contributed by atoms with Gasteiger partial charge < -0.3 is 20.4 Å². The summed E-state index contributed by atoms with van der Waals surface area (Å²) in [6.45, 7) is 5.74. The van der Waals surface area contributed by atoms with Gasteiger partial charge in [0.05, 0.1) is 18.2 Å². The summed E-state index contributed by atoms with van der Waals surface area (Å²) in [5.74, 6) is -2.18. The van der Waals surface area contributed by atoms with Crippen LogP contribution in [0.4, 0.5) is 0 Å². The van der Waals surface area contributed by atoms with E-state index in [-0.39, 0.29) is 11.6 Å². The summed E-state index contributed by atoms with van der Waals surface area (Å²) in [6.07, 6.45) is -3.91. The molecule has 1 aliphatic heterocycles. The van der Waals surface area contributed by atoms with E-state index >= 15 is 0 Å². The van der Waals surface area contributed by atoms with E-state index in [9.17, 15) is 20.1 Å². The molecule has 0 radical (unpaired) electrons. The van der Waals surface area contributed by atoms with Crippen LogP contribution in [0.5, 0.6) is 0 Å². The number of carbonyl (C=O) groups is 1. The Morgan fingerprint density at radius 3 is 1.94 bits per heavy atom. The zero-order valence-corrected chi connectivity index (χ0v) is 10.1. The molecule has 1 aliphatic carbocycles. The molecule has 6 nitrogen and oxygen atoms in total. The Kier molecular flexibility index (Phi) is 2.74. The predicted octanol–water partition coefficient (Wildman–Crippen LogP) is -1.37. The van der Waals surface area contributed by atoms with Gasteiger partial charge in [0.15, 0.2) is 0 Å². The lowest BCUT2D eigenvalue weighted by Crippen LogP contribution is -2.53. The SMILES string of the molecule is CC(C)(C)N1C2C(O)C(O)C(O)C(C(=O)O)C21. The summed E-state index contributed by atoms with van der Waals surface area (Å²) in [5, 5.41) is 38.4. The number of hydrogen-bond donors (Lipinski definition) is 4. The van der Waals surface area contributed by atoms with Crippen LogP contribution in [-0.4, -0.2) is 67.2 Å². The van der Waals surface area contributed by atoms with Gasteiger partial charge in [-0.05, 0) is 20.8 Å². The maximum Gasteiger partial charge on any atom is 0.310 e. The van der Waals surface area contributed by atoms with Crippen molar-refractivity contribution in [3.05, 3.63) is 0 Å². The number of likely N-dealkylation sites (tertiary alicyclic amines) is 1. The summed E-state index contributed by atoms with van der Waals surface area (Å²) in [4.78, 5) is 13.0. The zero-order chi connectivity index (χ0) is 13.1. The van der Waals surface area contributed by atoms with Gasteiger partial charge in [-0.2, -0.15) is 0 Å². The third kappa shape index (κ3) is 1.76. The molecule has 1 heterocycles. The van der Waals surface area contributed by atoms with Crippen LogP contribution in [0.25, 0.3) is 0 Å². The summed E-state index contributed by atoms with van der Waals surface area (Å²) in [6, 6.07) is -0.782. The molecule has 0 bridgehead atoms. The molecule has 4 N–H and O–H groups in total. The number of aliphatic carboxylic acids is 1. The molecule has 2 aliphatic rings. The lowest BCUT2D eigenvalue weighted by Gasteiger charge is -2.30. The van der Waals surface area contributed by atoms with Crippen molar-refractivity contribution in [3.63, 3.8) is 0 Å². The largest absolute Gasteiger partial charge is 0.481 e. The van der Waals surface area contributed by atoms with Crippen molar-refractivity contribution in [2.24, 2.45) is 5.92 Å². The molecule has 2 rings (SSSR count). The molecule has 0 aromatic rings. The Bertz CT molecular complexity index is 339. The molecule has 0 aromatic heterocycles. The minimum absolute atomic E-state index is 0.298. The lowest BCUT2D eigenvalue weighted by atomic mass is 9.83. The maximum absolute atomic E-state index is 11.1. The first-order chi connectivity index (χ1) is 7.68. The van der Waals surface area contributed by atoms with E-state index in [1.165, 1.54) is 0 Å². The average Bonchev–Trinajstić information content (AvgIpc) is 2.88. The quantitative estimate of drug-likeness (QED) is 0.425.